The molecule has 1 amide bonds. The summed E-state index contributed by atoms with van der Waals surface area (Å²) in [6.45, 7) is 0.460. The molecule has 1 aliphatic rings. The Hall–Kier alpha value is -2.33. The van der Waals surface area contributed by atoms with Crippen molar-refractivity contribution in [2.75, 3.05) is 11.9 Å². The van der Waals surface area contributed by atoms with Crippen molar-refractivity contribution in [1.29, 1.82) is 0 Å². The number of carbonyl (C=O) groups excluding carboxylic acids is 1. The van der Waals surface area contributed by atoms with Crippen LogP contribution in [0.1, 0.15) is 11.1 Å². The highest BCUT2D eigenvalue weighted by Gasteiger charge is 2.31. The number of rotatable bonds is 3. The molecule has 1 aliphatic heterocycles. The maximum absolute atomic E-state index is 12.6. The van der Waals surface area contributed by atoms with Crippen LogP contribution in [0.5, 0.6) is 5.75 Å². The number of likely N-dealkylation sites (N-methyl/N-ethyl adjacent to an activating group) is 1. The van der Waals surface area contributed by atoms with Crippen molar-refractivity contribution in [3.8, 4) is 5.75 Å². The van der Waals surface area contributed by atoms with Gasteiger partial charge in [-0.1, -0.05) is 30.3 Å². The van der Waals surface area contributed by atoms with Gasteiger partial charge in [0.1, 0.15) is 5.75 Å². The molecule has 0 aliphatic carbocycles. The molecule has 21 heavy (non-hydrogen) atoms. The van der Waals surface area contributed by atoms with E-state index in [-0.39, 0.29) is 5.91 Å². The van der Waals surface area contributed by atoms with E-state index in [1.807, 2.05) is 48.5 Å². The maximum Gasteiger partial charge on any atom is 0.268 e. The lowest BCUT2D eigenvalue weighted by atomic mass is 10.1. The summed E-state index contributed by atoms with van der Waals surface area (Å²) in [7, 11) is 1.77. The Morgan fingerprint density at radius 2 is 2.10 bits per heavy atom. The van der Waals surface area contributed by atoms with Crippen LogP contribution in [0.15, 0.2) is 48.5 Å². The lowest BCUT2D eigenvalue weighted by Gasteiger charge is -2.21. The zero-order chi connectivity index (χ0) is 14.8. The molecule has 0 aromatic heterocycles. The van der Waals surface area contributed by atoms with Gasteiger partial charge in [-0.2, -0.15) is 0 Å². The highest BCUT2D eigenvalue weighted by Crippen LogP contribution is 2.29. The van der Waals surface area contributed by atoms with Crippen LogP contribution in [0, 0.1) is 0 Å². The first-order chi connectivity index (χ1) is 10.2. The number of ether oxygens (including phenoxy) is 1. The molecule has 0 saturated carbocycles. The summed E-state index contributed by atoms with van der Waals surface area (Å²) in [5.41, 5.74) is 8.57. The minimum absolute atomic E-state index is 0.0413. The van der Waals surface area contributed by atoms with E-state index in [9.17, 15) is 4.79 Å². The molecule has 0 radical (unpaired) electrons. The number of anilines is 1. The first kappa shape index (κ1) is 13.6. The van der Waals surface area contributed by atoms with E-state index in [1.54, 1.807) is 11.9 Å². The summed E-state index contributed by atoms with van der Waals surface area (Å²) < 4.78 is 5.75. The summed E-state index contributed by atoms with van der Waals surface area (Å²) >= 11 is 0. The first-order valence-corrected chi connectivity index (χ1v) is 7.00. The summed E-state index contributed by atoms with van der Waals surface area (Å²) in [6.07, 6.45) is 0.171. The van der Waals surface area contributed by atoms with Crippen molar-refractivity contribution in [2.45, 2.75) is 19.1 Å². The lowest BCUT2D eigenvalue weighted by molar-refractivity contribution is -0.124. The summed E-state index contributed by atoms with van der Waals surface area (Å²) in [4.78, 5) is 14.2. The quantitative estimate of drug-likeness (QED) is 0.938. The van der Waals surface area contributed by atoms with Gasteiger partial charge in [0, 0.05) is 25.7 Å². The van der Waals surface area contributed by atoms with Crippen molar-refractivity contribution in [3.05, 3.63) is 59.7 Å². The van der Waals surface area contributed by atoms with E-state index >= 15 is 0 Å². The molecule has 0 bridgehead atoms. The van der Waals surface area contributed by atoms with Crippen molar-refractivity contribution in [1.82, 2.24) is 0 Å². The molecule has 4 heteroatoms. The van der Waals surface area contributed by atoms with E-state index in [4.69, 9.17) is 10.5 Å². The standard InChI is InChI=1S/C17H18N2O2/c1-19(14-7-4-5-12(9-14)11-18)17(20)16-10-13-6-2-3-8-15(13)21-16/h2-9,16H,10-11,18H2,1H3. The van der Waals surface area contributed by atoms with Gasteiger partial charge in [0.15, 0.2) is 6.10 Å². The SMILES string of the molecule is CN(C(=O)C1Cc2ccccc2O1)c1cccc(CN)c1. The zero-order valence-corrected chi connectivity index (χ0v) is 12.0. The average molecular weight is 282 g/mol. The fourth-order valence-corrected chi connectivity index (χ4v) is 2.56. The monoisotopic (exact) mass is 282 g/mol. The summed E-state index contributed by atoms with van der Waals surface area (Å²) in [5, 5.41) is 0. The van der Waals surface area contributed by atoms with Gasteiger partial charge in [0.2, 0.25) is 0 Å². The molecule has 108 valence electrons. The first-order valence-electron chi connectivity index (χ1n) is 7.00. The van der Waals surface area contributed by atoms with Crippen LogP contribution < -0.4 is 15.4 Å². The number of amides is 1. The highest BCUT2D eigenvalue weighted by molar-refractivity contribution is 5.97. The highest BCUT2D eigenvalue weighted by atomic mass is 16.5. The van der Waals surface area contributed by atoms with Crippen LogP contribution >= 0.6 is 0 Å². The van der Waals surface area contributed by atoms with Crippen LogP contribution in [-0.2, 0) is 17.8 Å². The van der Waals surface area contributed by atoms with E-state index < -0.39 is 6.10 Å². The number of benzene rings is 2. The minimum atomic E-state index is -0.450. The molecule has 1 heterocycles. The van der Waals surface area contributed by atoms with Crippen molar-refractivity contribution in [2.24, 2.45) is 5.73 Å². The largest absolute Gasteiger partial charge is 0.480 e. The Labute approximate surface area is 124 Å². The normalized spacial score (nSPS) is 16.2. The third kappa shape index (κ3) is 2.62. The second-order valence-electron chi connectivity index (χ2n) is 5.19. The number of fused-ring (bicyclic) bond motifs is 1. The molecule has 3 rings (SSSR count). The number of carbonyl (C=O) groups is 1. The van der Waals surface area contributed by atoms with Crippen LogP contribution in [-0.4, -0.2) is 19.1 Å². The fraction of sp³-hybridized carbons (Fsp3) is 0.235. The zero-order valence-electron chi connectivity index (χ0n) is 12.0. The van der Waals surface area contributed by atoms with E-state index in [0.717, 1.165) is 22.6 Å². The van der Waals surface area contributed by atoms with Gasteiger partial charge in [-0.25, -0.2) is 0 Å². The van der Waals surface area contributed by atoms with Gasteiger partial charge in [0.25, 0.3) is 5.91 Å². The van der Waals surface area contributed by atoms with Crippen molar-refractivity contribution >= 4 is 11.6 Å². The van der Waals surface area contributed by atoms with Gasteiger partial charge in [0.05, 0.1) is 0 Å². The molecule has 4 nitrogen and oxygen atoms in total. The van der Waals surface area contributed by atoms with Crippen LogP contribution in [0.25, 0.3) is 0 Å². The van der Waals surface area contributed by atoms with Gasteiger partial charge < -0.3 is 15.4 Å². The topological polar surface area (TPSA) is 55.6 Å². The molecule has 2 N–H and O–H groups in total. The predicted molar refractivity (Wildman–Crippen MR) is 82.3 cm³/mol. The third-order valence-corrected chi connectivity index (χ3v) is 3.79. The van der Waals surface area contributed by atoms with Crippen molar-refractivity contribution in [3.63, 3.8) is 0 Å². The van der Waals surface area contributed by atoms with Gasteiger partial charge in [-0.15, -0.1) is 0 Å². The Morgan fingerprint density at radius 1 is 1.29 bits per heavy atom. The summed E-state index contributed by atoms with van der Waals surface area (Å²) in [5.74, 6) is 0.764. The molecule has 2 aromatic rings. The number of hydrogen-bond acceptors (Lipinski definition) is 3. The molecule has 0 saturated heterocycles. The van der Waals surface area contributed by atoms with Crippen molar-refractivity contribution < 1.29 is 9.53 Å². The van der Waals surface area contributed by atoms with E-state index in [2.05, 4.69) is 0 Å². The Balaban J connectivity index is 1.77. The predicted octanol–water partition coefficient (Wildman–Crippen LogP) is 2.11. The Bertz CT molecular complexity index is 644. The number of hydrogen-bond donors (Lipinski definition) is 1. The smallest absolute Gasteiger partial charge is 0.268 e. The van der Waals surface area contributed by atoms with Crippen LogP contribution in [0.2, 0.25) is 0 Å². The molecular formula is C17H18N2O2. The molecular weight excluding hydrogens is 264 g/mol. The lowest BCUT2D eigenvalue weighted by Crippen LogP contribution is -2.39. The average Bonchev–Trinajstić information content (AvgIpc) is 2.97. The summed E-state index contributed by atoms with van der Waals surface area (Å²) in [6, 6.07) is 15.5. The van der Waals surface area contributed by atoms with Crippen LogP contribution in [0.3, 0.4) is 0 Å². The second-order valence-corrected chi connectivity index (χ2v) is 5.19. The number of nitrogens with two attached hydrogens (primary N) is 1. The molecule has 2 aromatic carbocycles. The maximum atomic E-state index is 12.6. The second kappa shape index (κ2) is 5.58. The minimum Gasteiger partial charge on any atom is -0.480 e. The van der Waals surface area contributed by atoms with E-state index in [0.29, 0.717) is 13.0 Å². The van der Waals surface area contributed by atoms with Gasteiger partial charge >= 0.3 is 0 Å². The van der Waals surface area contributed by atoms with E-state index in [1.165, 1.54) is 0 Å². The molecule has 0 fully saturated rings. The van der Waals surface area contributed by atoms with Gasteiger partial charge in [-0.3, -0.25) is 4.79 Å². The molecule has 1 atom stereocenters. The number of para-hydroxylation sites is 1. The number of nitrogens with zero attached hydrogens (tertiary/aromatic N) is 1. The van der Waals surface area contributed by atoms with Crippen LogP contribution in [0.4, 0.5) is 5.69 Å². The Morgan fingerprint density at radius 3 is 2.86 bits per heavy atom. The molecule has 0 spiro atoms. The Kier molecular flexibility index (Phi) is 3.62. The molecule has 1 unspecified atom stereocenters. The fourth-order valence-electron chi connectivity index (χ4n) is 2.56. The third-order valence-electron chi connectivity index (χ3n) is 3.79. The van der Waals surface area contributed by atoms with Gasteiger partial charge in [-0.05, 0) is 29.3 Å².